The maximum Gasteiger partial charge on any atom is 0.123 e. The Labute approximate surface area is 103 Å². The Morgan fingerprint density at radius 2 is 1.88 bits per heavy atom. The van der Waals surface area contributed by atoms with Crippen LogP contribution in [-0.2, 0) is 0 Å². The largest absolute Gasteiger partial charge is 0.314 e. The summed E-state index contributed by atoms with van der Waals surface area (Å²) in [7, 11) is 0. The average Bonchev–Trinajstić information content (AvgIpc) is 2.28. The van der Waals surface area contributed by atoms with E-state index in [1.165, 1.54) is 37.7 Å². The Balaban J connectivity index is 1.66. The summed E-state index contributed by atoms with van der Waals surface area (Å²) in [6.07, 6.45) is 6.30. The summed E-state index contributed by atoms with van der Waals surface area (Å²) in [5, 5.41) is 3.59. The second-order valence-corrected chi connectivity index (χ2v) is 5.08. The Bertz CT molecular complexity index is 327. The molecule has 0 atom stereocenters. The first-order valence-electron chi connectivity index (χ1n) is 6.78. The normalized spacial score (nSPS) is 23.4. The molecule has 2 rings (SSSR count). The minimum absolute atomic E-state index is 0.137. The molecule has 0 amide bonds. The van der Waals surface area contributed by atoms with Crippen molar-refractivity contribution in [1.29, 1.82) is 0 Å². The lowest BCUT2D eigenvalue weighted by molar-refractivity contribution is 0.289. The van der Waals surface area contributed by atoms with Crippen molar-refractivity contribution < 1.29 is 4.39 Å². The van der Waals surface area contributed by atoms with Gasteiger partial charge in [0.15, 0.2) is 0 Å². The van der Waals surface area contributed by atoms with E-state index in [1.54, 1.807) is 12.1 Å². The van der Waals surface area contributed by atoms with Crippen LogP contribution in [0.15, 0.2) is 24.3 Å². The number of hydrogen-bond donors (Lipinski definition) is 1. The van der Waals surface area contributed by atoms with Gasteiger partial charge in [0.1, 0.15) is 5.82 Å². The minimum atomic E-state index is -0.137. The molecule has 1 aromatic carbocycles. The number of halogens is 1. The molecule has 1 N–H and O–H groups in total. The summed E-state index contributed by atoms with van der Waals surface area (Å²) < 4.78 is 12.8. The molecule has 1 nitrogen and oxygen atoms in total. The van der Waals surface area contributed by atoms with E-state index in [1.807, 2.05) is 12.1 Å². The highest BCUT2D eigenvalue weighted by Crippen LogP contribution is 2.36. The van der Waals surface area contributed by atoms with E-state index in [0.29, 0.717) is 12.0 Å². The highest BCUT2D eigenvalue weighted by Gasteiger charge is 2.29. The van der Waals surface area contributed by atoms with Gasteiger partial charge in [0.2, 0.25) is 0 Å². The first kappa shape index (κ1) is 12.6. The third-order valence-corrected chi connectivity index (χ3v) is 3.69. The average molecular weight is 235 g/mol. The third kappa shape index (κ3) is 3.53. The molecule has 0 bridgehead atoms. The van der Waals surface area contributed by atoms with E-state index >= 15 is 0 Å². The zero-order valence-electron chi connectivity index (χ0n) is 10.6. The van der Waals surface area contributed by atoms with Crippen molar-refractivity contribution in [3.05, 3.63) is 35.6 Å². The number of rotatable bonds is 6. The lowest BCUT2D eigenvalue weighted by Crippen LogP contribution is -2.40. The van der Waals surface area contributed by atoms with Gasteiger partial charge < -0.3 is 5.32 Å². The minimum Gasteiger partial charge on any atom is -0.314 e. The van der Waals surface area contributed by atoms with Crippen molar-refractivity contribution in [3.8, 4) is 0 Å². The van der Waals surface area contributed by atoms with Crippen molar-refractivity contribution in [2.45, 2.75) is 51.0 Å². The molecule has 0 aliphatic heterocycles. The van der Waals surface area contributed by atoms with Gasteiger partial charge in [0, 0.05) is 6.04 Å². The highest BCUT2D eigenvalue weighted by molar-refractivity contribution is 5.23. The molecule has 1 fully saturated rings. The molecule has 17 heavy (non-hydrogen) atoms. The quantitative estimate of drug-likeness (QED) is 0.738. The molecular formula is C15H22FN. The fraction of sp³-hybridized carbons (Fsp3) is 0.600. The van der Waals surface area contributed by atoms with E-state index in [0.717, 1.165) is 6.54 Å². The first-order chi connectivity index (χ1) is 8.29. The van der Waals surface area contributed by atoms with E-state index in [4.69, 9.17) is 0 Å². The molecule has 0 saturated heterocycles. The molecule has 0 unspecified atom stereocenters. The molecule has 94 valence electrons. The summed E-state index contributed by atoms with van der Waals surface area (Å²) in [6, 6.07) is 7.66. The summed E-state index contributed by atoms with van der Waals surface area (Å²) >= 11 is 0. The summed E-state index contributed by atoms with van der Waals surface area (Å²) in [5.74, 6) is 0.501. The summed E-state index contributed by atoms with van der Waals surface area (Å²) in [6.45, 7) is 3.38. The zero-order valence-corrected chi connectivity index (χ0v) is 10.6. The lowest BCUT2D eigenvalue weighted by atomic mass is 9.76. The predicted molar refractivity (Wildman–Crippen MR) is 69.7 cm³/mol. The van der Waals surface area contributed by atoms with Crippen LogP contribution in [0, 0.1) is 5.82 Å². The van der Waals surface area contributed by atoms with Crippen LogP contribution in [0.3, 0.4) is 0 Å². The van der Waals surface area contributed by atoms with Gasteiger partial charge in [0.25, 0.3) is 0 Å². The van der Waals surface area contributed by atoms with Crippen LogP contribution in [0.2, 0.25) is 0 Å². The van der Waals surface area contributed by atoms with E-state index < -0.39 is 0 Å². The monoisotopic (exact) mass is 235 g/mol. The van der Waals surface area contributed by atoms with Crippen molar-refractivity contribution in [3.63, 3.8) is 0 Å². The fourth-order valence-corrected chi connectivity index (χ4v) is 2.47. The maximum absolute atomic E-state index is 12.8. The Kier molecular flexibility index (Phi) is 4.55. The van der Waals surface area contributed by atoms with Gasteiger partial charge in [0.05, 0.1) is 0 Å². The molecule has 1 aliphatic rings. The second-order valence-electron chi connectivity index (χ2n) is 5.08. The van der Waals surface area contributed by atoms with Crippen LogP contribution in [0.25, 0.3) is 0 Å². The fourth-order valence-electron chi connectivity index (χ4n) is 2.47. The standard InChI is InChI=1S/C15H22FN/c1-2-3-4-9-17-15-10-13(11-15)12-5-7-14(16)8-6-12/h5-8,13,15,17H,2-4,9-11H2,1H3. The van der Waals surface area contributed by atoms with Crippen molar-refractivity contribution in [2.24, 2.45) is 0 Å². The molecule has 0 aromatic heterocycles. The topological polar surface area (TPSA) is 12.0 Å². The molecule has 0 radical (unpaired) electrons. The SMILES string of the molecule is CCCCCNC1CC(c2ccc(F)cc2)C1. The number of hydrogen-bond acceptors (Lipinski definition) is 1. The number of unbranched alkanes of at least 4 members (excludes halogenated alkanes) is 2. The zero-order chi connectivity index (χ0) is 12.1. The molecule has 1 saturated carbocycles. The van der Waals surface area contributed by atoms with Gasteiger partial charge in [-0.25, -0.2) is 4.39 Å². The van der Waals surface area contributed by atoms with Gasteiger partial charge >= 0.3 is 0 Å². The molecular weight excluding hydrogens is 213 g/mol. The van der Waals surface area contributed by atoms with Crippen molar-refractivity contribution in [2.75, 3.05) is 6.54 Å². The van der Waals surface area contributed by atoms with Gasteiger partial charge in [-0.05, 0) is 49.4 Å². The second kappa shape index (κ2) is 6.15. The Hall–Kier alpha value is -0.890. The van der Waals surface area contributed by atoms with Crippen molar-refractivity contribution in [1.82, 2.24) is 5.32 Å². The number of nitrogens with one attached hydrogen (secondary N) is 1. The molecule has 0 heterocycles. The number of benzene rings is 1. The summed E-state index contributed by atoms with van der Waals surface area (Å²) in [5.41, 5.74) is 1.29. The van der Waals surface area contributed by atoms with Gasteiger partial charge in [-0.3, -0.25) is 0 Å². The third-order valence-electron chi connectivity index (χ3n) is 3.69. The molecule has 1 aromatic rings. The Morgan fingerprint density at radius 3 is 2.53 bits per heavy atom. The summed E-state index contributed by atoms with van der Waals surface area (Å²) in [4.78, 5) is 0. The van der Waals surface area contributed by atoms with Crippen LogP contribution in [0.5, 0.6) is 0 Å². The molecule has 1 aliphatic carbocycles. The first-order valence-corrected chi connectivity index (χ1v) is 6.78. The predicted octanol–water partition coefficient (Wildman–Crippen LogP) is 3.85. The van der Waals surface area contributed by atoms with Crippen LogP contribution in [0.1, 0.15) is 50.5 Å². The van der Waals surface area contributed by atoms with E-state index in [9.17, 15) is 4.39 Å². The molecule has 0 spiro atoms. The van der Waals surface area contributed by atoms with Crippen LogP contribution < -0.4 is 5.32 Å². The van der Waals surface area contributed by atoms with Gasteiger partial charge in [-0.15, -0.1) is 0 Å². The highest BCUT2D eigenvalue weighted by atomic mass is 19.1. The van der Waals surface area contributed by atoms with Crippen molar-refractivity contribution >= 4 is 0 Å². The van der Waals surface area contributed by atoms with Gasteiger partial charge in [-0.2, -0.15) is 0 Å². The van der Waals surface area contributed by atoms with Crippen LogP contribution in [-0.4, -0.2) is 12.6 Å². The van der Waals surface area contributed by atoms with Gasteiger partial charge in [-0.1, -0.05) is 31.9 Å². The van der Waals surface area contributed by atoms with E-state index in [-0.39, 0.29) is 5.82 Å². The lowest BCUT2D eigenvalue weighted by Gasteiger charge is -2.36. The smallest absolute Gasteiger partial charge is 0.123 e. The van der Waals surface area contributed by atoms with Crippen LogP contribution in [0.4, 0.5) is 4.39 Å². The molecule has 2 heteroatoms. The Morgan fingerprint density at radius 1 is 1.18 bits per heavy atom. The maximum atomic E-state index is 12.8. The van der Waals surface area contributed by atoms with Crippen LogP contribution >= 0.6 is 0 Å². The van der Waals surface area contributed by atoms with E-state index in [2.05, 4.69) is 12.2 Å².